The van der Waals surface area contributed by atoms with Crippen LogP contribution in [0.1, 0.15) is 11.3 Å². The Balaban J connectivity index is 1.49. The van der Waals surface area contributed by atoms with Crippen molar-refractivity contribution < 1.29 is 17.9 Å². The number of nitrogens with zero attached hydrogens (tertiary/aromatic N) is 1. The van der Waals surface area contributed by atoms with Gasteiger partial charge in [-0.15, -0.1) is 11.3 Å². The number of sulfonamides is 1. The zero-order valence-corrected chi connectivity index (χ0v) is 20.2. The van der Waals surface area contributed by atoms with Gasteiger partial charge in [-0.05, 0) is 36.8 Å². The van der Waals surface area contributed by atoms with Gasteiger partial charge in [-0.2, -0.15) is 0 Å². The minimum atomic E-state index is -3.91. The average molecular weight is 494 g/mol. The molecule has 0 bridgehead atoms. The second-order valence-corrected chi connectivity index (χ2v) is 10.0. The van der Waals surface area contributed by atoms with Gasteiger partial charge in [-0.1, -0.05) is 48.5 Å². The Morgan fingerprint density at radius 3 is 2.53 bits per heavy atom. The molecule has 0 saturated heterocycles. The molecule has 34 heavy (non-hydrogen) atoms. The molecule has 9 heteroatoms. The smallest absolute Gasteiger partial charge is 0.262 e. The van der Waals surface area contributed by atoms with Crippen molar-refractivity contribution in [3.8, 4) is 16.3 Å². The van der Waals surface area contributed by atoms with Crippen molar-refractivity contribution in [3.05, 3.63) is 89.4 Å². The van der Waals surface area contributed by atoms with Crippen LogP contribution >= 0.6 is 11.3 Å². The predicted octanol–water partition coefficient (Wildman–Crippen LogP) is 5.11. The quantitative estimate of drug-likeness (QED) is 0.356. The van der Waals surface area contributed by atoms with Crippen molar-refractivity contribution in [2.75, 3.05) is 17.1 Å². The molecule has 0 saturated carbocycles. The predicted molar refractivity (Wildman–Crippen MR) is 135 cm³/mol. The Labute approximate surface area is 202 Å². The summed E-state index contributed by atoms with van der Waals surface area (Å²) in [6.45, 7) is 1.70. The maximum atomic E-state index is 13.1. The van der Waals surface area contributed by atoms with Crippen LogP contribution in [0, 0.1) is 6.92 Å². The summed E-state index contributed by atoms with van der Waals surface area (Å²) < 4.78 is 33.9. The highest BCUT2D eigenvalue weighted by molar-refractivity contribution is 7.92. The number of aromatic nitrogens is 1. The number of thiazole rings is 1. The average Bonchev–Trinajstić information content (AvgIpc) is 3.29. The second kappa shape index (κ2) is 10.1. The number of aryl methyl sites for hydroxylation is 1. The number of methoxy groups -OCH3 is 1. The van der Waals surface area contributed by atoms with Crippen LogP contribution in [0.5, 0.6) is 5.75 Å². The summed E-state index contributed by atoms with van der Waals surface area (Å²) >= 11 is 1.47. The van der Waals surface area contributed by atoms with Crippen LogP contribution < -0.4 is 14.8 Å². The first-order chi connectivity index (χ1) is 16.4. The highest BCUT2D eigenvalue weighted by atomic mass is 32.2. The molecule has 174 valence electrons. The first-order valence-electron chi connectivity index (χ1n) is 10.4. The largest absolute Gasteiger partial charge is 0.495 e. The molecule has 0 aliphatic carbocycles. The van der Waals surface area contributed by atoms with E-state index in [0.29, 0.717) is 28.4 Å². The number of anilines is 2. The molecule has 7 nitrogen and oxygen atoms in total. The lowest BCUT2D eigenvalue weighted by molar-refractivity contribution is -0.115. The summed E-state index contributed by atoms with van der Waals surface area (Å²) in [4.78, 5) is 17.2. The van der Waals surface area contributed by atoms with E-state index >= 15 is 0 Å². The van der Waals surface area contributed by atoms with E-state index in [9.17, 15) is 13.2 Å². The van der Waals surface area contributed by atoms with Gasteiger partial charge >= 0.3 is 0 Å². The summed E-state index contributed by atoms with van der Waals surface area (Å²) in [5, 5.41) is 5.47. The summed E-state index contributed by atoms with van der Waals surface area (Å²) in [5.41, 5.74) is 2.91. The van der Waals surface area contributed by atoms with E-state index < -0.39 is 10.0 Å². The van der Waals surface area contributed by atoms with E-state index in [2.05, 4.69) is 15.0 Å². The number of benzene rings is 3. The summed E-state index contributed by atoms with van der Waals surface area (Å²) in [5.74, 6) is 0.126. The normalized spacial score (nSPS) is 11.1. The Morgan fingerprint density at radius 1 is 1.03 bits per heavy atom. The number of amides is 1. The van der Waals surface area contributed by atoms with Crippen molar-refractivity contribution in [1.82, 2.24) is 4.98 Å². The number of nitrogens with one attached hydrogen (secondary N) is 2. The van der Waals surface area contributed by atoms with E-state index in [1.807, 2.05) is 35.7 Å². The standard InChI is InChI=1S/C25H23N3O4S2/c1-17-12-13-19(14-23(17)34(30,31)28-21-10-6-7-11-22(21)32-2)26-24(29)15-20-16-33-25(27-20)18-8-4-3-5-9-18/h3-14,16,28H,15H2,1-2H3,(H,26,29). The van der Waals surface area contributed by atoms with Crippen LogP contribution in [0.15, 0.2) is 83.1 Å². The first-order valence-corrected chi connectivity index (χ1v) is 12.8. The van der Waals surface area contributed by atoms with Crippen molar-refractivity contribution in [2.24, 2.45) is 0 Å². The van der Waals surface area contributed by atoms with E-state index in [4.69, 9.17) is 4.74 Å². The SMILES string of the molecule is COc1ccccc1NS(=O)(=O)c1cc(NC(=O)Cc2csc(-c3ccccc3)n2)ccc1C. The molecule has 3 aromatic carbocycles. The van der Waals surface area contributed by atoms with E-state index in [-0.39, 0.29) is 17.2 Å². The molecule has 2 N–H and O–H groups in total. The van der Waals surface area contributed by atoms with E-state index in [1.54, 1.807) is 43.3 Å². The fraction of sp³-hybridized carbons (Fsp3) is 0.120. The molecule has 0 aliphatic rings. The van der Waals surface area contributed by atoms with Gasteiger partial charge in [0.05, 0.1) is 29.8 Å². The lowest BCUT2D eigenvalue weighted by Gasteiger charge is -2.14. The number of carbonyl (C=O) groups excluding carboxylic acids is 1. The molecular formula is C25H23N3O4S2. The van der Waals surface area contributed by atoms with Crippen molar-refractivity contribution in [1.29, 1.82) is 0 Å². The Hall–Kier alpha value is -3.69. The number of rotatable bonds is 8. The minimum absolute atomic E-state index is 0.0660. The zero-order valence-electron chi connectivity index (χ0n) is 18.6. The van der Waals surface area contributed by atoms with Gasteiger partial charge in [0.2, 0.25) is 5.91 Å². The van der Waals surface area contributed by atoms with Crippen molar-refractivity contribution in [3.63, 3.8) is 0 Å². The van der Waals surface area contributed by atoms with Crippen LogP contribution in [-0.2, 0) is 21.2 Å². The molecule has 0 fully saturated rings. The Morgan fingerprint density at radius 2 is 1.76 bits per heavy atom. The maximum Gasteiger partial charge on any atom is 0.262 e. The number of para-hydroxylation sites is 2. The monoisotopic (exact) mass is 493 g/mol. The fourth-order valence-corrected chi connectivity index (χ4v) is 5.54. The summed E-state index contributed by atoms with van der Waals surface area (Å²) in [7, 11) is -2.44. The van der Waals surface area contributed by atoms with E-state index in [1.165, 1.54) is 24.5 Å². The first kappa shape index (κ1) is 23.5. The molecular weight excluding hydrogens is 470 g/mol. The Bertz CT molecular complexity index is 1420. The molecule has 0 unspecified atom stereocenters. The fourth-order valence-electron chi connectivity index (χ4n) is 3.37. The third kappa shape index (κ3) is 5.44. The van der Waals surface area contributed by atoms with Gasteiger partial charge in [-0.3, -0.25) is 9.52 Å². The molecule has 4 rings (SSSR count). The molecule has 4 aromatic rings. The number of ether oxygens (including phenoxy) is 1. The lowest BCUT2D eigenvalue weighted by atomic mass is 10.2. The topological polar surface area (TPSA) is 97.4 Å². The van der Waals surface area contributed by atoms with Gasteiger partial charge in [0, 0.05) is 16.6 Å². The van der Waals surface area contributed by atoms with Gasteiger partial charge in [-0.25, -0.2) is 13.4 Å². The van der Waals surface area contributed by atoms with Crippen LogP contribution in [0.2, 0.25) is 0 Å². The van der Waals surface area contributed by atoms with Crippen LogP contribution in [0.25, 0.3) is 10.6 Å². The molecule has 0 atom stereocenters. The number of hydrogen-bond acceptors (Lipinski definition) is 6. The van der Waals surface area contributed by atoms with Crippen molar-refractivity contribution in [2.45, 2.75) is 18.2 Å². The third-order valence-corrected chi connectivity index (χ3v) is 7.47. The van der Waals surface area contributed by atoms with Crippen LogP contribution in [0.4, 0.5) is 11.4 Å². The zero-order chi connectivity index (χ0) is 24.1. The van der Waals surface area contributed by atoms with Crippen molar-refractivity contribution >= 4 is 38.6 Å². The molecule has 0 aliphatic heterocycles. The van der Waals surface area contributed by atoms with Gasteiger partial charge in [0.15, 0.2) is 0 Å². The molecule has 1 aromatic heterocycles. The highest BCUT2D eigenvalue weighted by Crippen LogP contribution is 2.28. The second-order valence-electron chi connectivity index (χ2n) is 7.52. The molecule has 0 radical (unpaired) electrons. The summed E-state index contributed by atoms with van der Waals surface area (Å²) in [6, 6.07) is 21.3. The Kier molecular flexibility index (Phi) is 6.95. The van der Waals surface area contributed by atoms with Gasteiger partial charge in [0.1, 0.15) is 10.8 Å². The van der Waals surface area contributed by atoms with Gasteiger partial charge < -0.3 is 10.1 Å². The van der Waals surface area contributed by atoms with E-state index in [0.717, 1.165) is 10.6 Å². The van der Waals surface area contributed by atoms with Crippen LogP contribution in [0.3, 0.4) is 0 Å². The molecule has 0 spiro atoms. The summed E-state index contributed by atoms with van der Waals surface area (Å²) in [6.07, 6.45) is 0.0821. The minimum Gasteiger partial charge on any atom is -0.495 e. The number of hydrogen-bond donors (Lipinski definition) is 2. The highest BCUT2D eigenvalue weighted by Gasteiger charge is 2.20. The third-order valence-electron chi connectivity index (χ3n) is 5.03. The molecule has 1 heterocycles. The molecule has 1 amide bonds. The lowest BCUT2D eigenvalue weighted by Crippen LogP contribution is -2.17. The van der Waals surface area contributed by atoms with Gasteiger partial charge in [0.25, 0.3) is 10.0 Å². The number of carbonyl (C=O) groups is 1. The van der Waals surface area contributed by atoms with Crippen LogP contribution in [-0.4, -0.2) is 26.4 Å². The maximum absolute atomic E-state index is 13.1.